The summed E-state index contributed by atoms with van der Waals surface area (Å²) in [6.07, 6.45) is 0. The van der Waals surface area contributed by atoms with Gasteiger partial charge in [0.25, 0.3) is 0 Å². The summed E-state index contributed by atoms with van der Waals surface area (Å²) >= 11 is 1.78. The minimum atomic E-state index is 0.610. The molecule has 0 unspecified atom stereocenters. The zero-order chi connectivity index (χ0) is 29.9. The van der Waals surface area contributed by atoms with E-state index < -0.39 is 0 Å². The summed E-state index contributed by atoms with van der Waals surface area (Å²) in [6.45, 7) is 2.14. The standard InChI is InChI=1S/C40H25N3OS/c1-24-18-21-35-32(22-24)29-15-8-16-31(37(29)45-35)40-42-38(26-12-6-3-7-13-26)41-39(43-40)27-19-20-30-34(23-27)44-33-17-9-14-28(36(30)33)25-10-4-2-5-11-25/h2-23H,1H3. The number of furan rings is 1. The maximum absolute atomic E-state index is 6.44. The number of thiophene rings is 1. The first-order valence-electron chi connectivity index (χ1n) is 14.9. The number of aromatic nitrogens is 3. The second-order valence-corrected chi connectivity index (χ2v) is 12.4. The van der Waals surface area contributed by atoms with E-state index in [1.54, 1.807) is 11.3 Å². The first kappa shape index (κ1) is 25.8. The van der Waals surface area contributed by atoms with Crippen LogP contribution in [0.3, 0.4) is 0 Å². The van der Waals surface area contributed by atoms with E-state index in [2.05, 4.69) is 91.9 Å². The molecule has 0 bridgehead atoms. The number of nitrogens with zero attached hydrogens (tertiary/aromatic N) is 3. The lowest BCUT2D eigenvalue weighted by atomic mass is 9.99. The second kappa shape index (κ2) is 10.2. The molecule has 9 rings (SSSR count). The largest absolute Gasteiger partial charge is 0.456 e. The molecule has 0 saturated carbocycles. The summed E-state index contributed by atoms with van der Waals surface area (Å²) in [4.78, 5) is 15.1. The van der Waals surface area contributed by atoms with Gasteiger partial charge in [0.2, 0.25) is 0 Å². The highest BCUT2D eigenvalue weighted by atomic mass is 32.1. The molecular formula is C40H25N3OS. The summed E-state index contributed by atoms with van der Waals surface area (Å²) in [5.74, 6) is 1.91. The van der Waals surface area contributed by atoms with Crippen molar-refractivity contribution >= 4 is 53.4 Å². The summed E-state index contributed by atoms with van der Waals surface area (Å²) in [6, 6.07) is 46.1. The van der Waals surface area contributed by atoms with Gasteiger partial charge in [0, 0.05) is 47.6 Å². The molecule has 0 saturated heterocycles. The Hall–Kier alpha value is -5.65. The van der Waals surface area contributed by atoms with Crippen LogP contribution in [0.15, 0.2) is 138 Å². The van der Waals surface area contributed by atoms with Gasteiger partial charge in [-0.2, -0.15) is 0 Å². The van der Waals surface area contributed by atoms with E-state index in [1.807, 2.05) is 48.5 Å². The predicted molar refractivity (Wildman–Crippen MR) is 186 cm³/mol. The molecule has 3 heterocycles. The van der Waals surface area contributed by atoms with Crippen LogP contribution in [0, 0.1) is 6.92 Å². The van der Waals surface area contributed by atoms with Crippen molar-refractivity contribution in [2.24, 2.45) is 0 Å². The molecule has 0 atom stereocenters. The van der Waals surface area contributed by atoms with Crippen LogP contribution in [0.1, 0.15) is 5.56 Å². The number of rotatable bonds is 4. The molecule has 0 aliphatic carbocycles. The minimum absolute atomic E-state index is 0.610. The van der Waals surface area contributed by atoms with E-state index in [0.717, 1.165) is 49.8 Å². The van der Waals surface area contributed by atoms with Crippen molar-refractivity contribution in [1.82, 2.24) is 15.0 Å². The van der Waals surface area contributed by atoms with Crippen molar-refractivity contribution in [2.45, 2.75) is 6.92 Å². The van der Waals surface area contributed by atoms with Gasteiger partial charge in [-0.05, 0) is 54.4 Å². The minimum Gasteiger partial charge on any atom is -0.456 e. The van der Waals surface area contributed by atoms with E-state index in [1.165, 1.54) is 25.7 Å². The number of benzene rings is 6. The lowest BCUT2D eigenvalue weighted by molar-refractivity contribution is 0.669. The monoisotopic (exact) mass is 595 g/mol. The zero-order valence-corrected chi connectivity index (χ0v) is 25.2. The van der Waals surface area contributed by atoms with Crippen LogP contribution in [0.2, 0.25) is 0 Å². The van der Waals surface area contributed by atoms with E-state index in [9.17, 15) is 0 Å². The molecule has 45 heavy (non-hydrogen) atoms. The average molecular weight is 596 g/mol. The quantitative estimate of drug-likeness (QED) is 0.203. The van der Waals surface area contributed by atoms with Gasteiger partial charge in [0.1, 0.15) is 11.2 Å². The van der Waals surface area contributed by atoms with Crippen LogP contribution >= 0.6 is 11.3 Å². The Balaban J connectivity index is 1.25. The lowest BCUT2D eigenvalue weighted by Crippen LogP contribution is -2.00. The van der Waals surface area contributed by atoms with Gasteiger partial charge in [-0.15, -0.1) is 11.3 Å². The van der Waals surface area contributed by atoms with Crippen molar-refractivity contribution in [1.29, 1.82) is 0 Å². The molecular weight excluding hydrogens is 571 g/mol. The number of hydrogen-bond acceptors (Lipinski definition) is 5. The molecule has 0 fully saturated rings. The van der Waals surface area contributed by atoms with Gasteiger partial charge in [-0.3, -0.25) is 0 Å². The zero-order valence-electron chi connectivity index (χ0n) is 24.4. The Morgan fingerprint density at radius 1 is 0.489 bits per heavy atom. The average Bonchev–Trinajstić information content (AvgIpc) is 3.66. The van der Waals surface area contributed by atoms with E-state index >= 15 is 0 Å². The fourth-order valence-electron chi connectivity index (χ4n) is 6.25. The molecule has 0 spiro atoms. The van der Waals surface area contributed by atoms with E-state index in [0.29, 0.717) is 17.5 Å². The molecule has 0 aliphatic rings. The van der Waals surface area contributed by atoms with Crippen LogP contribution in [-0.2, 0) is 0 Å². The van der Waals surface area contributed by atoms with E-state index in [4.69, 9.17) is 19.4 Å². The normalized spacial score (nSPS) is 11.7. The van der Waals surface area contributed by atoms with Crippen molar-refractivity contribution < 1.29 is 4.42 Å². The molecule has 9 aromatic rings. The van der Waals surface area contributed by atoms with Crippen molar-refractivity contribution in [3.63, 3.8) is 0 Å². The third kappa shape index (κ3) is 4.32. The van der Waals surface area contributed by atoms with Crippen molar-refractivity contribution in [2.75, 3.05) is 0 Å². The molecule has 0 amide bonds. The van der Waals surface area contributed by atoms with Crippen molar-refractivity contribution in [3.05, 3.63) is 139 Å². The molecule has 3 aromatic heterocycles. The molecule has 0 aliphatic heterocycles. The highest BCUT2D eigenvalue weighted by molar-refractivity contribution is 7.26. The fraction of sp³-hybridized carbons (Fsp3) is 0.0250. The molecule has 6 aromatic carbocycles. The predicted octanol–water partition coefficient (Wildman–Crippen LogP) is 11.1. The highest BCUT2D eigenvalue weighted by Crippen LogP contribution is 2.41. The topological polar surface area (TPSA) is 51.8 Å². The summed E-state index contributed by atoms with van der Waals surface area (Å²) in [5, 5.41) is 4.66. The molecule has 0 radical (unpaired) electrons. The summed E-state index contributed by atoms with van der Waals surface area (Å²) in [7, 11) is 0. The number of aryl methyl sites for hydroxylation is 1. The van der Waals surface area contributed by atoms with Crippen LogP contribution in [-0.4, -0.2) is 15.0 Å². The third-order valence-electron chi connectivity index (χ3n) is 8.40. The molecule has 4 nitrogen and oxygen atoms in total. The fourth-order valence-corrected chi connectivity index (χ4v) is 7.45. The molecule has 212 valence electrons. The number of hydrogen-bond donors (Lipinski definition) is 0. The first-order chi connectivity index (χ1) is 22.2. The van der Waals surface area contributed by atoms with Gasteiger partial charge < -0.3 is 4.42 Å². The van der Waals surface area contributed by atoms with Crippen LogP contribution < -0.4 is 0 Å². The Morgan fingerprint density at radius 2 is 1.20 bits per heavy atom. The summed E-state index contributed by atoms with van der Waals surface area (Å²) in [5.41, 5.74) is 8.05. The van der Waals surface area contributed by atoms with E-state index in [-0.39, 0.29) is 0 Å². The van der Waals surface area contributed by atoms with Gasteiger partial charge in [0.05, 0.1) is 0 Å². The highest BCUT2D eigenvalue weighted by Gasteiger charge is 2.18. The molecule has 0 N–H and O–H groups in total. The lowest BCUT2D eigenvalue weighted by Gasteiger charge is -2.09. The number of fused-ring (bicyclic) bond motifs is 6. The first-order valence-corrected chi connectivity index (χ1v) is 15.8. The maximum Gasteiger partial charge on any atom is 0.165 e. The molecule has 5 heteroatoms. The Labute approximate surface area is 263 Å². The van der Waals surface area contributed by atoms with Crippen molar-refractivity contribution in [3.8, 4) is 45.3 Å². The van der Waals surface area contributed by atoms with Gasteiger partial charge in [-0.25, -0.2) is 15.0 Å². The van der Waals surface area contributed by atoms with Gasteiger partial charge >= 0.3 is 0 Å². The van der Waals surface area contributed by atoms with Gasteiger partial charge in [-0.1, -0.05) is 103 Å². The Bertz CT molecular complexity index is 2550. The van der Waals surface area contributed by atoms with Gasteiger partial charge in [0.15, 0.2) is 17.5 Å². The smallest absolute Gasteiger partial charge is 0.165 e. The Kier molecular flexibility index (Phi) is 5.86. The maximum atomic E-state index is 6.44. The second-order valence-electron chi connectivity index (χ2n) is 11.3. The summed E-state index contributed by atoms with van der Waals surface area (Å²) < 4.78 is 8.87. The SMILES string of the molecule is Cc1ccc2sc3c(-c4nc(-c5ccccc5)nc(-c5ccc6c(c5)oc5cccc(-c7ccccc7)c56)n4)cccc3c2c1. The Morgan fingerprint density at radius 3 is 2.02 bits per heavy atom. The van der Waals surface area contributed by atoms with Crippen LogP contribution in [0.25, 0.3) is 87.4 Å². The van der Waals surface area contributed by atoms with Crippen LogP contribution in [0.5, 0.6) is 0 Å². The third-order valence-corrected chi connectivity index (χ3v) is 9.62. The van der Waals surface area contributed by atoms with Crippen LogP contribution in [0.4, 0.5) is 0 Å².